The van der Waals surface area contributed by atoms with Crippen molar-refractivity contribution in [2.45, 2.75) is 13.2 Å². The van der Waals surface area contributed by atoms with Gasteiger partial charge in [0.25, 0.3) is 0 Å². The molecule has 114 valence electrons. The van der Waals surface area contributed by atoms with Crippen molar-refractivity contribution in [2.75, 3.05) is 19.8 Å². The number of ketones is 1. The first-order chi connectivity index (χ1) is 10.8. The number of benzene rings is 2. The van der Waals surface area contributed by atoms with E-state index in [0.29, 0.717) is 30.9 Å². The molecule has 0 unspecified atom stereocenters. The smallest absolute Gasteiger partial charge is 0.193 e. The van der Waals surface area contributed by atoms with E-state index in [9.17, 15) is 4.79 Å². The van der Waals surface area contributed by atoms with Crippen LogP contribution in [0, 0.1) is 0 Å². The summed E-state index contributed by atoms with van der Waals surface area (Å²) in [5.41, 5.74) is 2.13. The number of carbonyl (C=O) groups is 1. The zero-order valence-corrected chi connectivity index (χ0v) is 12.5. The Labute approximate surface area is 129 Å². The van der Waals surface area contributed by atoms with E-state index in [4.69, 9.17) is 14.2 Å². The Kier molecular flexibility index (Phi) is 4.51. The van der Waals surface area contributed by atoms with Crippen LogP contribution in [-0.2, 0) is 9.47 Å². The van der Waals surface area contributed by atoms with E-state index in [-0.39, 0.29) is 12.1 Å². The minimum Gasteiger partial charge on any atom is -0.494 e. The van der Waals surface area contributed by atoms with Gasteiger partial charge in [-0.05, 0) is 37.3 Å². The fraction of sp³-hybridized carbons (Fsp3) is 0.278. The third kappa shape index (κ3) is 3.18. The summed E-state index contributed by atoms with van der Waals surface area (Å²) >= 11 is 0. The van der Waals surface area contributed by atoms with Gasteiger partial charge >= 0.3 is 0 Å². The monoisotopic (exact) mass is 298 g/mol. The van der Waals surface area contributed by atoms with Crippen LogP contribution in [0.25, 0.3) is 0 Å². The summed E-state index contributed by atoms with van der Waals surface area (Å²) in [6.45, 7) is 3.71. The molecular formula is C18H18O4. The molecule has 4 heteroatoms. The van der Waals surface area contributed by atoms with Gasteiger partial charge in [-0.2, -0.15) is 0 Å². The zero-order chi connectivity index (χ0) is 15.4. The maximum Gasteiger partial charge on any atom is 0.193 e. The van der Waals surface area contributed by atoms with Crippen LogP contribution in [0.3, 0.4) is 0 Å². The summed E-state index contributed by atoms with van der Waals surface area (Å²) in [7, 11) is 0. The molecule has 0 aliphatic carbocycles. The van der Waals surface area contributed by atoms with Gasteiger partial charge in [-0.25, -0.2) is 0 Å². The van der Waals surface area contributed by atoms with E-state index in [1.807, 2.05) is 37.3 Å². The molecule has 1 aliphatic heterocycles. The van der Waals surface area contributed by atoms with E-state index in [1.54, 1.807) is 18.2 Å². The number of carbonyl (C=O) groups excluding carboxylic acids is 1. The maximum atomic E-state index is 12.6. The Morgan fingerprint density at radius 2 is 1.82 bits per heavy atom. The lowest BCUT2D eigenvalue weighted by atomic mass is 10.0. The van der Waals surface area contributed by atoms with Crippen molar-refractivity contribution in [2.24, 2.45) is 0 Å². The zero-order valence-electron chi connectivity index (χ0n) is 12.5. The molecule has 1 fully saturated rings. The largest absolute Gasteiger partial charge is 0.494 e. The van der Waals surface area contributed by atoms with Crippen LogP contribution in [0.4, 0.5) is 0 Å². The molecule has 0 radical (unpaired) electrons. The number of rotatable bonds is 5. The third-order valence-corrected chi connectivity index (χ3v) is 3.47. The van der Waals surface area contributed by atoms with Crippen molar-refractivity contribution in [1.29, 1.82) is 0 Å². The highest BCUT2D eigenvalue weighted by molar-refractivity contribution is 6.09. The van der Waals surface area contributed by atoms with Crippen LogP contribution in [0.15, 0.2) is 48.5 Å². The molecule has 0 saturated carbocycles. The molecule has 0 atom stereocenters. The second kappa shape index (κ2) is 6.73. The Morgan fingerprint density at radius 1 is 1.09 bits per heavy atom. The molecule has 2 aromatic rings. The lowest BCUT2D eigenvalue weighted by Crippen LogP contribution is -2.04. The first-order valence-electron chi connectivity index (χ1n) is 7.38. The van der Waals surface area contributed by atoms with Crippen LogP contribution in [-0.4, -0.2) is 25.6 Å². The minimum atomic E-state index is -0.368. The molecule has 4 nitrogen and oxygen atoms in total. The Hall–Kier alpha value is -2.17. The highest BCUT2D eigenvalue weighted by atomic mass is 16.7. The average Bonchev–Trinajstić information content (AvgIpc) is 3.10. The Morgan fingerprint density at radius 3 is 2.50 bits per heavy atom. The number of hydrogen-bond acceptors (Lipinski definition) is 4. The molecule has 3 rings (SSSR count). The predicted molar refractivity (Wildman–Crippen MR) is 82.1 cm³/mol. The van der Waals surface area contributed by atoms with Gasteiger partial charge in [-0.15, -0.1) is 0 Å². The predicted octanol–water partition coefficient (Wildman–Crippen LogP) is 3.36. The fourth-order valence-corrected chi connectivity index (χ4v) is 2.41. The molecule has 2 aromatic carbocycles. The lowest BCUT2D eigenvalue weighted by Gasteiger charge is -2.10. The molecule has 1 heterocycles. The molecular weight excluding hydrogens is 280 g/mol. The van der Waals surface area contributed by atoms with E-state index >= 15 is 0 Å². The van der Waals surface area contributed by atoms with Crippen molar-refractivity contribution < 1.29 is 19.0 Å². The Bertz CT molecular complexity index is 642. The highest BCUT2D eigenvalue weighted by Gasteiger charge is 2.19. The number of hydrogen-bond donors (Lipinski definition) is 0. The topological polar surface area (TPSA) is 44.8 Å². The van der Waals surface area contributed by atoms with Gasteiger partial charge in [-0.1, -0.05) is 18.2 Å². The molecule has 1 aliphatic rings. The number of ether oxygens (including phenoxy) is 3. The third-order valence-electron chi connectivity index (χ3n) is 3.47. The van der Waals surface area contributed by atoms with Crippen LogP contribution in [0.5, 0.6) is 5.75 Å². The fourth-order valence-electron chi connectivity index (χ4n) is 2.41. The van der Waals surface area contributed by atoms with E-state index in [0.717, 1.165) is 11.3 Å². The highest BCUT2D eigenvalue weighted by Crippen LogP contribution is 2.25. The van der Waals surface area contributed by atoms with Gasteiger partial charge in [0.1, 0.15) is 5.75 Å². The first kappa shape index (κ1) is 14.8. The lowest BCUT2D eigenvalue weighted by molar-refractivity contribution is -0.0441. The summed E-state index contributed by atoms with van der Waals surface area (Å²) in [6.07, 6.45) is -0.368. The molecule has 0 aromatic heterocycles. The summed E-state index contributed by atoms with van der Waals surface area (Å²) in [6, 6.07) is 14.6. The summed E-state index contributed by atoms with van der Waals surface area (Å²) in [5.74, 6) is 0.739. The van der Waals surface area contributed by atoms with Gasteiger partial charge in [0.15, 0.2) is 12.1 Å². The molecule has 22 heavy (non-hydrogen) atoms. The molecule has 0 bridgehead atoms. The van der Waals surface area contributed by atoms with Crippen LogP contribution < -0.4 is 4.74 Å². The van der Waals surface area contributed by atoms with Gasteiger partial charge in [-0.3, -0.25) is 4.79 Å². The Balaban J connectivity index is 1.80. The summed E-state index contributed by atoms with van der Waals surface area (Å²) in [4.78, 5) is 12.6. The van der Waals surface area contributed by atoms with Crippen LogP contribution in [0.1, 0.15) is 34.7 Å². The molecule has 1 saturated heterocycles. The summed E-state index contributed by atoms with van der Waals surface area (Å²) in [5, 5.41) is 0. The second-order valence-electron chi connectivity index (χ2n) is 4.99. The molecule has 0 amide bonds. The SMILES string of the molecule is CCOc1ccc(C(=O)c2cccc(C3OCCO3)c2)cc1. The maximum absolute atomic E-state index is 12.6. The van der Waals surface area contributed by atoms with Crippen LogP contribution in [0.2, 0.25) is 0 Å². The van der Waals surface area contributed by atoms with Crippen molar-refractivity contribution in [3.63, 3.8) is 0 Å². The quantitative estimate of drug-likeness (QED) is 0.794. The summed E-state index contributed by atoms with van der Waals surface area (Å²) < 4.78 is 16.3. The van der Waals surface area contributed by atoms with Gasteiger partial charge in [0, 0.05) is 16.7 Å². The minimum absolute atomic E-state index is 0.0251. The molecule has 0 spiro atoms. The average molecular weight is 298 g/mol. The van der Waals surface area contributed by atoms with Gasteiger partial charge in [0.05, 0.1) is 19.8 Å². The van der Waals surface area contributed by atoms with E-state index in [2.05, 4.69) is 0 Å². The van der Waals surface area contributed by atoms with Crippen molar-refractivity contribution in [3.8, 4) is 5.75 Å². The van der Waals surface area contributed by atoms with Crippen molar-refractivity contribution in [1.82, 2.24) is 0 Å². The van der Waals surface area contributed by atoms with Gasteiger partial charge in [0.2, 0.25) is 0 Å². The first-order valence-corrected chi connectivity index (χ1v) is 7.38. The van der Waals surface area contributed by atoms with Crippen LogP contribution >= 0.6 is 0 Å². The van der Waals surface area contributed by atoms with E-state index < -0.39 is 0 Å². The molecule has 0 N–H and O–H groups in total. The standard InChI is InChI=1S/C18H18O4/c1-2-20-16-8-6-13(7-9-16)17(19)14-4-3-5-15(12-14)18-21-10-11-22-18/h3-9,12,18H,2,10-11H2,1H3. The van der Waals surface area contributed by atoms with Crippen molar-refractivity contribution in [3.05, 3.63) is 65.2 Å². The normalized spacial score (nSPS) is 15.0. The van der Waals surface area contributed by atoms with E-state index in [1.165, 1.54) is 0 Å². The second-order valence-corrected chi connectivity index (χ2v) is 4.99. The van der Waals surface area contributed by atoms with Crippen molar-refractivity contribution >= 4 is 5.78 Å². The van der Waals surface area contributed by atoms with Gasteiger partial charge < -0.3 is 14.2 Å².